The summed E-state index contributed by atoms with van der Waals surface area (Å²) in [5.41, 5.74) is -2.20. The van der Waals surface area contributed by atoms with Gasteiger partial charge in [-0.05, 0) is 23.9 Å². The van der Waals surface area contributed by atoms with Crippen LogP contribution < -0.4 is 5.73 Å². The number of nitrogen functional groups attached to an aromatic ring is 1. The first kappa shape index (κ1) is 29.4. The lowest BCUT2D eigenvalue weighted by atomic mass is 10.2. The topological polar surface area (TPSA) is 153 Å². The molecule has 18 heteroatoms. The molecule has 0 saturated carbocycles. The van der Waals surface area contributed by atoms with Gasteiger partial charge in [0, 0.05) is 24.8 Å². The van der Waals surface area contributed by atoms with Crippen LogP contribution in [0.15, 0.2) is 41.8 Å². The van der Waals surface area contributed by atoms with Gasteiger partial charge in [0.1, 0.15) is 29.2 Å². The number of aromatic nitrogens is 5. The van der Waals surface area contributed by atoms with E-state index >= 15 is 0 Å². The quantitative estimate of drug-likeness (QED) is 0.144. The number of nitrogens with one attached hydrogen (secondary N) is 2. The van der Waals surface area contributed by atoms with Crippen LogP contribution in [0.5, 0.6) is 0 Å². The number of anilines is 1. The molecule has 0 aliphatic carbocycles. The molecule has 4 N–H and O–H groups in total. The van der Waals surface area contributed by atoms with Crippen LogP contribution in [-0.2, 0) is 6.18 Å². The minimum atomic E-state index is -4.84. The van der Waals surface area contributed by atoms with Crippen molar-refractivity contribution in [3.05, 3.63) is 75.4 Å². The zero-order chi connectivity index (χ0) is 29.1. The van der Waals surface area contributed by atoms with Gasteiger partial charge in [0.2, 0.25) is 0 Å². The van der Waals surface area contributed by atoms with Crippen molar-refractivity contribution in [1.29, 1.82) is 10.5 Å². The summed E-state index contributed by atoms with van der Waals surface area (Å²) >= 11 is 10.9. The number of aromatic amines is 2. The van der Waals surface area contributed by atoms with Crippen molar-refractivity contribution in [2.24, 2.45) is 0 Å². The number of alkyl halides is 6. The summed E-state index contributed by atoms with van der Waals surface area (Å²) in [6.45, 7) is 0. The summed E-state index contributed by atoms with van der Waals surface area (Å²) in [6, 6.07) is 3.89. The maximum Gasteiger partial charge on any atom is 0.446 e. The predicted molar refractivity (Wildman–Crippen MR) is 127 cm³/mol. The molecule has 1 aromatic carbocycles. The van der Waals surface area contributed by atoms with E-state index < -0.39 is 66.7 Å². The van der Waals surface area contributed by atoms with Crippen molar-refractivity contribution in [3.63, 3.8) is 0 Å². The Balaban J connectivity index is 0.000000289. The molecule has 0 saturated heterocycles. The molecule has 202 valence electrons. The number of nitrogens with zero attached hydrogens (tertiary/aromatic N) is 5. The van der Waals surface area contributed by atoms with Crippen LogP contribution in [0.4, 0.5) is 32.2 Å². The summed E-state index contributed by atoms with van der Waals surface area (Å²) in [6.07, 6.45) is 1.44. The molecule has 0 aliphatic rings. The fraction of sp³-hybridized carbons (Fsp3) is 0.0952. The van der Waals surface area contributed by atoms with Gasteiger partial charge in [-0.1, -0.05) is 23.2 Å². The number of carbonyl (C=O) groups excluding carboxylic acids is 1. The standard InChI is InChI=1S/C14H4Cl2F6N4S.C7H6N4O/c15-7-1-5(13(17,18)19)2-8(16)10(7)26-9(4-24)6(3-23)11(12(26)25)27-14(20,21)22;12-5(6-8-1-2-9-6)7-10-3-4-11-7/h1-2H,25H2;1-4H,(H,8,9)(H,10,11). The van der Waals surface area contributed by atoms with Crippen LogP contribution in [-0.4, -0.2) is 35.8 Å². The zero-order valence-electron chi connectivity index (χ0n) is 18.6. The van der Waals surface area contributed by atoms with Gasteiger partial charge < -0.3 is 15.7 Å². The third kappa shape index (κ3) is 6.48. The van der Waals surface area contributed by atoms with E-state index in [0.29, 0.717) is 28.3 Å². The molecule has 0 bridgehead atoms. The Morgan fingerprint density at radius 2 is 1.49 bits per heavy atom. The largest absolute Gasteiger partial charge is 0.446 e. The van der Waals surface area contributed by atoms with Gasteiger partial charge in [-0.2, -0.15) is 36.9 Å². The van der Waals surface area contributed by atoms with Crippen LogP contribution in [0.25, 0.3) is 5.69 Å². The Kier molecular flexibility index (Phi) is 8.54. The van der Waals surface area contributed by atoms with E-state index in [0.717, 1.165) is 0 Å². The van der Waals surface area contributed by atoms with E-state index in [-0.39, 0.29) is 5.78 Å². The number of halogens is 8. The lowest BCUT2D eigenvalue weighted by Crippen LogP contribution is -2.09. The Labute approximate surface area is 228 Å². The highest BCUT2D eigenvalue weighted by Crippen LogP contribution is 2.46. The van der Waals surface area contributed by atoms with E-state index in [1.165, 1.54) is 24.5 Å². The van der Waals surface area contributed by atoms with E-state index in [9.17, 15) is 36.4 Å². The molecular weight excluding hydrogens is 597 g/mol. The highest BCUT2D eigenvalue weighted by atomic mass is 35.5. The number of rotatable bonds is 4. The summed E-state index contributed by atoms with van der Waals surface area (Å²) in [4.78, 5) is 23.6. The van der Waals surface area contributed by atoms with Crippen LogP contribution >= 0.6 is 35.0 Å². The minimum absolute atomic E-state index is 0.231. The second-order valence-electron chi connectivity index (χ2n) is 7.04. The SMILES string of the molecule is N#Cc1c(SC(F)(F)F)c(N)n(-c2c(Cl)cc(C(F)(F)F)cc2Cl)c1C#N.O=C(c1ncc[nH]1)c1ncc[nH]1. The number of hydrogen-bond acceptors (Lipinski definition) is 7. The molecule has 0 radical (unpaired) electrons. The molecule has 0 aliphatic heterocycles. The predicted octanol–water partition coefficient (Wildman–Crippen LogP) is 6.10. The number of hydrogen-bond donors (Lipinski definition) is 3. The number of benzene rings is 1. The van der Waals surface area contributed by atoms with Crippen molar-refractivity contribution in [2.75, 3.05) is 5.73 Å². The number of ketones is 1. The molecule has 0 unspecified atom stereocenters. The van der Waals surface area contributed by atoms with Crippen LogP contribution in [0.3, 0.4) is 0 Å². The smallest absolute Gasteiger partial charge is 0.384 e. The number of nitrogens with two attached hydrogens (primary N) is 1. The molecule has 0 atom stereocenters. The van der Waals surface area contributed by atoms with Crippen LogP contribution in [0.2, 0.25) is 10.0 Å². The molecule has 9 nitrogen and oxygen atoms in total. The van der Waals surface area contributed by atoms with Crippen molar-refractivity contribution >= 4 is 46.6 Å². The first-order valence-corrected chi connectivity index (χ1v) is 11.5. The molecule has 3 aromatic heterocycles. The lowest BCUT2D eigenvalue weighted by Gasteiger charge is -2.15. The molecule has 4 rings (SSSR count). The fourth-order valence-corrected chi connectivity index (χ4v) is 4.39. The average molecular weight is 607 g/mol. The van der Waals surface area contributed by atoms with Crippen LogP contribution in [0, 0.1) is 22.7 Å². The second kappa shape index (κ2) is 11.3. The van der Waals surface area contributed by atoms with Gasteiger partial charge in [-0.15, -0.1) is 0 Å². The van der Waals surface area contributed by atoms with Crippen LogP contribution in [0.1, 0.15) is 33.3 Å². The number of nitriles is 2. The fourth-order valence-electron chi connectivity index (χ4n) is 3.06. The minimum Gasteiger partial charge on any atom is -0.384 e. The van der Waals surface area contributed by atoms with Crippen molar-refractivity contribution < 1.29 is 31.1 Å². The molecular formula is C21H10Cl2F6N8OS. The van der Waals surface area contributed by atoms with Gasteiger partial charge in [0.15, 0.2) is 11.6 Å². The maximum absolute atomic E-state index is 12.8. The number of imidazole rings is 2. The van der Waals surface area contributed by atoms with E-state index in [4.69, 9.17) is 34.2 Å². The maximum atomic E-state index is 12.8. The lowest BCUT2D eigenvalue weighted by molar-refractivity contribution is -0.137. The second-order valence-corrected chi connectivity index (χ2v) is 8.93. The Bertz CT molecular complexity index is 1520. The molecule has 0 fully saturated rings. The first-order chi connectivity index (χ1) is 18.2. The van der Waals surface area contributed by atoms with E-state index in [1.54, 1.807) is 12.4 Å². The molecule has 3 heterocycles. The normalized spacial score (nSPS) is 11.3. The third-order valence-corrected chi connectivity index (χ3v) is 6.02. The Morgan fingerprint density at radius 3 is 1.85 bits per heavy atom. The Morgan fingerprint density at radius 1 is 0.974 bits per heavy atom. The van der Waals surface area contributed by atoms with Crippen molar-refractivity contribution in [1.82, 2.24) is 24.5 Å². The van der Waals surface area contributed by atoms with E-state index in [2.05, 4.69) is 19.9 Å². The molecule has 0 amide bonds. The van der Waals surface area contributed by atoms with Crippen molar-refractivity contribution in [3.8, 4) is 17.8 Å². The Hall–Kier alpha value is -4.12. The summed E-state index contributed by atoms with van der Waals surface area (Å²) < 4.78 is 77.4. The van der Waals surface area contributed by atoms with E-state index in [1.807, 2.05) is 0 Å². The number of H-pyrrole nitrogens is 2. The van der Waals surface area contributed by atoms with Gasteiger partial charge in [0.25, 0.3) is 5.78 Å². The van der Waals surface area contributed by atoms with Gasteiger partial charge in [-0.3, -0.25) is 9.36 Å². The zero-order valence-corrected chi connectivity index (χ0v) is 20.9. The monoisotopic (exact) mass is 606 g/mol. The van der Waals surface area contributed by atoms with Gasteiger partial charge >= 0.3 is 11.7 Å². The van der Waals surface area contributed by atoms with Gasteiger partial charge in [-0.25, -0.2) is 9.97 Å². The number of carbonyl (C=O) groups is 1. The number of thioether (sulfide) groups is 1. The molecule has 0 spiro atoms. The highest BCUT2D eigenvalue weighted by Gasteiger charge is 2.37. The first-order valence-electron chi connectivity index (χ1n) is 9.89. The molecule has 39 heavy (non-hydrogen) atoms. The molecule has 4 aromatic rings. The van der Waals surface area contributed by atoms with Gasteiger partial charge in [0.05, 0.1) is 26.2 Å². The summed E-state index contributed by atoms with van der Waals surface area (Å²) in [5, 5.41) is 17.1. The highest BCUT2D eigenvalue weighted by molar-refractivity contribution is 8.00. The average Bonchev–Trinajstić information content (AvgIpc) is 3.60. The summed E-state index contributed by atoms with van der Waals surface area (Å²) in [5.74, 6) is -0.353. The van der Waals surface area contributed by atoms with Crippen molar-refractivity contribution in [2.45, 2.75) is 16.6 Å². The third-order valence-electron chi connectivity index (χ3n) is 4.59. The summed E-state index contributed by atoms with van der Waals surface area (Å²) in [7, 11) is 0.